The van der Waals surface area contributed by atoms with Gasteiger partial charge in [0.05, 0.1) is 21.8 Å². The number of halogens is 1. The van der Waals surface area contributed by atoms with Gasteiger partial charge < -0.3 is 0 Å². The highest BCUT2D eigenvalue weighted by atomic mass is 35.5. The summed E-state index contributed by atoms with van der Waals surface area (Å²) in [6.07, 6.45) is 1.54. The van der Waals surface area contributed by atoms with Gasteiger partial charge in [-0.2, -0.15) is 4.31 Å². The van der Waals surface area contributed by atoms with Crippen molar-refractivity contribution >= 4 is 32.5 Å². The van der Waals surface area contributed by atoms with E-state index in [2.05, 4.69) is 0 Å². The van der Waals surface area contributed by atoms with Gasteiger partial charge >= 0.3 is 0 Å². The first-order valence-corrected chi connectivity index (χ1v) is 13.1. The second-order valence-corrected chi connectivity index (χ2v) is 10.8. The largest absolute Gasteiger partial charge is 0.295 e. The minimum absolute atomic E-state index is 0.198. The molecule has 0 fully saturated rings. The van der Waals surface area contributed by atoms with Crippen LogP contribution in [-0.2, 0) is 16.6 Å². The predicted octanol–water partition coefficient (Wildman–Crippen LogP) is 5.55. The van der Waals surface area contributed by atoms with E-state index < -0.39 is 16.1 Å². The average Bonchev–Trinajstić information content (AvgIpc) is 2.72. The number of benzene rings is 2. The number of nitrogens with zero attached hydrogens (tertiary/aromatic N) is 3. The van der Waals surface area contributed by atoms with Crippen LogP contribution in [0.3, 0.4) is 0 Å². The van der Waals surface area contributed by atoms with Crippen LogP contribution < -0.4 is 5.56 Å². The van der Waals surface area contributed by atoms with Crippen LogP contribution in [0.5, 0.6) is 0 Å². The molecule has 0 saturated heterocycles. The highest BCUT2D eigenvalue weighted by Crippen LogP contribution is 2.31. The summed E-state index contributed by atoms with van der Waals surface area (Å²) in [6.45, 7) is 12.0. The molecular weight excluding hydrogens is 458 g/mol. The summed E-state index contributed by atoms with van der Waals surface area (Å²) in [5.74, 6) is 0.416. The minimum Gasteiger partial charge on any atom is -0.295 e. The molecule has 2 aromatic carbocycles. The first-order valence-electron chi connectivity index (χ1n) is 11.3. The molecule has 0 amide bonds. The molecule has 1 aromatic heterocycles. The normalized spacial score (nSPS) is 13.1. The van der Waals surface area contributed by atoms with E-state index in [9.17, 15) is 13.2 Å². The lowest BCUT2D eigenvalue weighted by atomic mass is 10.1. The fraction of sp³-hybridized carbons (Fsp3) is 0.440. The van der Waals surface area contributed by atoms with Crippen LogP contribution in [0.4, 0.5) is 0 Å². The third-order valence-electron chi connectivity index (χ3n) is 5.97. The summed E-state index contributed by atoms with van der Waals surface area (Å²) in [7, 11) is -3.85. The van der Waals surface area contributed by atoms with Gasteiger partial charge in [0, 0.05) is 18.1 Å². The zero-order chi connectivity index (χ0) is 24.5. The van der Waals surface area contributed by atoms with Crippen molar-refractivity contribution in [1.82, 2.24) is 13.9 Å². The molecule has 1 heterocycles. The van der Waals surface area contributed by atoms with Crippen LogP contribution >= 0.6 is 11.6 Å². The molecule has 0 radical (unpaired) electrons. The minimum atomic E-state index is -3.85. The van der Waals surface area contributed by atoms with E-state index in [-0.39, 0.29) is 5.56 Å². The summed E-state index contributed by atoms with van der Waals surface area (Å²) < 4.78 is 31.0. The summed E-state index contributed by atoms with van der Waals surface area (Å²) >= 11 is 6.15. The molecule has 1 unspecified atom stereocenters. The van der Waals surface area contributed by atoms with Crippen LogP contribution in [0.25, 0.3) is 10.9 Å². The Morgan fingerprint density at radius 3 is 2.30 bits per heavy atom. The highest BCUT2D eigenvalue weighted by Gasteiger charge is 2.34. The summed E-state index contributed by atoms with van der Waals surface area (Å²) in [5, 5.41) is 0.939. The standard InChI is InChI=1S/C25H32ClN3O3S/c1-7-9-12-29(33(31,32)23-17(4)13-16(3)14-18(23)5)19(6)24-27-22-15-20(26)10-11-21(22)25(30)28(24)8-2/h10-11,13-15,19H,7-9,12H2,1-6H3. The van der Waals surface area contributed by atoms with Crippen LogP contribution in [0.15, 0.2) is 40.0 Å². The Labute approximate surface area is 201 Å². The van der Waals surface area contributed by atoms with Crippen molar-refractivity contribution in [1.29, 1.82) is 0 Å². The molecule has 0 aliphatic heterocycles. The number of fused-ring (bicyclic) bond motifs is 1. The molecule has 178 valence electrons. The SMILES string of the molecule is CCCCN(C(C)c1nc2cc(Cl)ccc2c(=O)n1CC)S(=O)(=O)c1c(C)cc(C)cc1C. The summed E-state index contributed by atoms with van der Waals surface area (Å²) in [4.78, 5) is 18.3. The first-order chi connectivity index (χ1) is 15.5. The topological polar surface area (TPSA) is 72.3 Å². The molecule has 3 rings (SSSR count). The Morgan fingerprint density at radius 2 is 1.73 bits per heavy atom. The number of sulfonamides is 1. The van der Waals surface area contributed by atoms with Crippen molar-refractivity contribution in [3.05, 3.63) is 68.2 Å². The maximum atomic E-state index is 14.0. The Morgan fingerprint density at radius 1 is 1.09 bits per heavy atom. The fourth-order valence-corrected chi connectivity index (χ4v) is 6.70. The van der Waals surface area contributed by atoms with Gasteiger partial charge in [-0.15, -0.1) is 0 Å². The van der Waals surface area contributed by atoms with E-state index >= 15 is 0 Å². The molecule has 8 heteroatoms. The molecule has 33 heavy (non-hydrogen) atoms. The van der Waals surface area contributed by atoms with Crippen molar-refractivity contribution in [3.63, 3.8) is 0 Å². The van der Waals surface area contributed by atoms with Crippen LogP contribution in [0.2, 0.25) is 5.02 Å². The van der Waals surface area contributed by atoms with Gasteiger partial charge in [0.2, 0.25) is 10.0 Å². The van der Waals surface area contributed by atoms with E-state index in [4.69, 9.17) is 16.6 Å². The van der Waals surface area contributed by atoms with Crippen LogP contribution in [0.1, 0.15) is 62.2 Å². The van der Waals surface area contributed by atoms with Gasteiger partial charge in [0.25, 0.3) is 5.56 Å². The second-order valence-electron chi connectivity index (χ2n) is 8.55. The first kappa shape index (κ1) is 25.4. The quantitative estimate of drug-likeness (QED) is 0.416. The Kier molecular flexibility index (Phi) is 7.66. The highest BCUT2D eigenvalue weighted by molar-refractivity contribution is 7.89. The van der Waals surface area contributed by atoms with Crippen LogP contribution in [-0.4, -0.2) is 28.8 Å². The van der Waals surface area contributed by atoms with E-state index in [1.165, 1.54) is 4.31 Å². The molecule has 6 nitrogen and oxygen atoms in total. The molecule has 1 atom stereocenters. The Bertz CT molecular complexity index is 1330. The third kappa shape index (κ3) is 4.86. The molecule has 0 spiro atoms. The lowest BCUT2D eigenvalue weighted by molar-refractivity contribution is 0.316. The molecule has 0 aliphatic carbocycles. The van der Waals surface area contributed by atoms with Crippen molar-refractivity contribution in [2.45, 2.75) is 71.9 Å². The second kappa shape index (κ2) is 9.95. The van der Waals surface area contributed by atoms with Gasteiger partial charge in [0.1, 0.15) is 5.82 Å². The fourth-order valence-electron chi connectivity index (χ4n) is 4.49. The van der Waals surface area contributed by atoms with Crippen LogP contribution in [0, 0.1) is 20.8 Å². The maximum Gasteiger partial charge on any atom is 0.261 e. The van der Waals surface area contributed by atoms with E-state index in [1.54, 1.807) is 29.7 Å². The Hall–Kier alpha value is -2.22. The van der Waals surface area contributed by atoms with Crippen molar-refractivity contribution in [3.8, 4) is 0 Å². The lowest BCUT2D eigenvalue weighted by Gasteiger charge is -2.30. The zero-order valence-electron chi connectivity index (χ0n) is 20.1. The molecule has 0 saturated carbocycles. The van der Waals surface area contributed by atoms with E-state index in [0.29, 0.717) is 57.3 Å². The monoisotopic (exact) mass is 489 g/mol. The molecule has 0 aliphatic rings. The smallest absolute Gasteiger partial charge is 0.261 e. The molecular formula is C25H32ClN3O3S. The maximum absolute atomic E-state index is 14.0. The summed E-state index contributed by atoms with van der Waals surface area (Å²) in [5.41, 5.74) is 2.72. The van der Waals surface area contributed by atoms with E-state index in [1.807, 2.05) is 46.8 Å². The van der Waals surface area contributed by atoms with Gasteiger partial charge in [-0.1, -0.05) is 42.6 Å². The number of rotatable bonds is 8. The molecule has 3 aromatic rings. The average molecular weight is 490 g/mol. The van der Waals surface area contributed by atoms with Gasteiger partial charge in [-0.05, 0) is 70.4 Å². The molecule has 0 bridgehead atoms. The zero-order valence-corrected chi connectivity index (χ0v) is 21.7. The lowest BCUT2D eigenvalue weighted by Crippen LogP contribution is -2.38. The van der Waals surface area contributed by atoms with Gasteiger partial charge in [-0.3, -0.25) is 9.36 Å². The van der Waals surface area contributed by atoms with Crippen molar-refractivity contribution < 1.29 is 8.42 Å². The van der Waals surface area contributed by atoms with Gasteiger partial charge in [-0.25, -0.2) is 13.4 Å². The predicted molar refractivity (Wildman–Crippen MR) is 135 cm³/mol. The third-order valence-corrected chi connectivity index (χ3v) is 8.48. The van der Waals surface area contributed by atoms with Crippen molar-refractivity contribution in [2.24, 2.45) is 0 Å². The van der Waals surface area contributed by atoms with E-state index in [0.717, 1.165) is 12.0 Å². The molecule has 0 N–H and O–H groups in total. The number of aromatic nitrogens is 2. The number of aryl methyl sites for hydroxylation is 3. The van der Waals surface area contributed by atoms with Gasteiger partial charge in [0.15, 0.2) is 0 Å². The number of hydrogen-bond acceptors (Lipinski definition) is 4. The Balaban J connectivity index is 2.24. The summed E-state index contributed by atoms with van der Waals surface area (Å²) in [6, 6.07) is 8.11. The number of unbranched alkanes of at least 4 members (excludes halogenated alkanes) is 1. The number of hydrogen-bond donors (Lipinski definition) is 0. The van der Waals surface area contributed by atoms with Crippen molar-refractivity contribution in [2.75, 3.05) is 6.54 Å².